The first-order valence-corrected chi connectivity index (χ1v) is 12.6. The minimum Gasteiger partial charge on any atom is -0.460 e. The summed E-state index contributed by atoms with van der Waals surface area (Å²) in [5.74, 6) is -1.23. The monoisotopic (exact) mass is 459 g/mol. The highest BCUT2D eigenvalue weighted by molar-refractivity contribution is 7.90. The minimum absolute atomic E-state index is 0.0584. The summed E-state index contributed by atoms with van der Waals surface area (Å²) in [6.07, 6.45) is 0.758. The Morgan fingerprint density at radius 3 is 2.17 bits per heavy atom. The van der Waals surface area contributed by atoms with Crippen molar-refractivity contribution in [3.63, 3.8) is 0 Å². The third-order valence-electron chi connectivity index (χ3n) is 3.98. The molecule has 2 aromatic rings. The number of carbonyl (C=O) groups is 1. The van der Waals surface area contributed by atoms with Gasteiger partial charge in [0.25, 0.3) is 0 Å². The van der Waals surface area contributed by atoms with E-state index in [0.29, 0.717) is 5.02 Å². The van der Waals surface area contributed by atoms with Gasteiger partial charge in [0, 0.05) is 11.3 Å². The smallest absolute Gasteiger partial charge is 0.324 e. The van der Waals surface area contributed by atoms with Crippen molar-refractivity contribution in [3.05, 3.63) is 64.7 Å². The highest BCUT2D eigenvalue weighted by atomic mass is 35.5. The number of ether oxygens (including phenoxy) is 1. The number of hydrogen-bond acceptors (Lipinski definition) is 6. The first-order valence-electron chi connectivity index (χ1n) is 8.64. The summed E-state index contributed by atoms with van der Waals surface area (Å²) in [5.41, 5.74) is 1.77. The van der Waals surface area contributed by atoms with Crippen molar-refractivity contribution in [1.29, 1.82) is 0 Å². The van der Waals surface area contributed by atoms with Crippen molar-refractivity contribution in [1.82, 2.24) is 4.72 Å². The van der Waals surface area contributed by atoms with Gasteiger partial charge in [-0.3, -0.25) is 4.79 Å². The second-order valence-corrected chi connectivity index (χ2v) is 11.0. The summed E-state index contributed by atoms with van der Waals surface area (Å²) in [6.45, 7) is 1.86. The largest absolute Gasteiger partial charge is 0.460 e. The number of nitrogens with one attached hydrogen (secondary N) is 1. The van der Waals surface area contributed by atoms with E-state index in [1.807, 2.05) is 19.1 Å². The van der Waals surface area contributed by atoms with Gasteiger partial charge in [0.15, 0.2) is 0 Å². The van der Waals surface area contributed by atoms with Crippen LogP contribution in [0.15, 0.2) is 53.4 Å². The van der Waals surface area contributed by atoms with Gasteiger partial charge in [0.2, 0.25) is 10.0 Å². The summed E-state index contributed by atoms with van der Waals surface area (Å²) < 4.78 is 55.6. The molecule has 0 spiro atoms. The fourth-order valence-corrected chi connectivity index (χ4v) is 4.37. The van der Waals surface area contributed by atoms with Gasteiger partial charge < -0.3 is 4.74 Å². The topological polar surface area (TPSA) is 107 Å². The van der Waals surface area contributed by atoms with Crippen LogP contribution >= 0.6 is 11.6 Å². The molecule has 0 radical (unpaired) electrons. The highest BCUT2D eigenvalue weighted by Gasteiger charge is 2.28. The Balaban J connectivity index is 2.15. The molecule has 0 aliphatic heterocycles. The number of halogens is 1. The van der Waals surface area contributed by atoms with Crippen molar-refractivity contribution in [2.75, 3.05) is 12.0 Å². The van der Waals surface area contributed by atoms with E-state index >= 15 is 0 Å². The molecule has 1 unspecified atom stereocenters. The Labute approximate surface area is 176 Å². The van der Waals surface area contributed by atoms with Gasteiger partial charge in [-0.05, 0) is 43.2 Å². The molecular weight excluding hydrogens is 438 g/mol. The molecule has 7 nitrogen and oxygen atoms in total. The fourth-order valence-electron chi connectivity index (χ4n) is 2.37. The van der Waals surface area contributed by atoms with Crippen LogP contribution in [0.2, 0.25) is 5.02 Å². The van der Waals surface area contributed by atoms with Gasteiger partial charge in [0.05, 0.1) is 10.6 Å². The quantitative estimate of drug-likeness (QED) is 0.577. The molecule has 0 aromatic heterocycles. The summed E-state index contributed by atoms with van der Waals surface area (Å²) in [5, 5.41) is 0.357. The van der Waals surface area contributed by atoms with Gasteiger partial charge in [0.1, 0.15) is 22.5 Å². The van der Waals surface area contributed by atoms with Gasteiger partial charge in [-0.2, -0.15) is 4.72 Å². The average molecular weight is 460 g/mol. The molecule has 1 N–H and O–H groups in total. The van der Waals surface area contributed by atoms with E-state index in [1.54, 1.807) is 12.1 Å². The van der Waals surface area contributed by atoms with Crippen molar-refractivity contribution >= 4 is 37.4 Å². The number of sulfonamides is 1. The summed E-state index contributed by atoms with van der Waals surface area (Å²) in [7, 11) is -7.49. The number of aryl methyl sites for hydroxylation is 1. The maximum atomic E-state index is 12.6. The minimum atomic E-state index is -4.08. The average Bonchev–Trinajstić information content (AvgIpc) is 2.64. The predicted molar refractivity (Wildman–Crippen MR) is 111 cm³/mol. The van der Waals surface area contributed by atoms with Crippen molar-refractivity contribution in [3.8, 4) is 0 Å². The number of rotatable bonds is 9. The number of benzene rings is 2. The molecule has 2 rings (SSSR count). The van der Waals surface area contributed by atoms with E-state index in [-0.39, 0.29) is 23.7 Å². The van der Waals surface area contributed by atoms with Crippen LogP contribution in [0.25, 0.3) is 0 Å². The zero-order valence-corrected chi connectivity index (χ0v) is 18.4. The molecular formula is C19H22ClNO6S2. The molecule has 158 valence electrons. The SMILES string of the molecule is Cc1ccc(COC(=O)C(CCS(C)(=O)=O)NS(=O)(=O)c2ccc(Cl)cc2)cc1. The van der Waals surface area contributed by atoms with Crippen molar-refractivity contribution < 1.29 is 26.4 Å². The first kappa shape index (κ1) is 23.3. The van der Waals surface area contributed by atoms with Crippen LogP contribution in [0, 0.1) is 6.92 Å². The third kappa shape index (κ3) is 7.77. The van der Waals surface area contributed by atoms with E-state index in [2.05, 4.69) is 4.72 Å². The molecule has 2 aromatic carbocycles. The van der Waals surface area contributed by atoms with Gasteiger partial charge in [-0.25, -0.2) is 16.8 Å². The van der Waals surface area contributed by atoms with Crippen LogP contribution in [-0.4, -0.2) is 40.9 Å². The van der Waals surface area contributed by atoms with Crippen LogP contribution in [0.4, 0.5) is 0 Å². The lowest BCUT2D eigenvalue weighted by atomic mass is 10.2. The van der Waals surface area contributed by atoms with E-state index in [1.165, 1.54) is 24.3 Å². The van der Waals surface area contributed by atoms with Gasteiger partial charge in [-0.1, -0.05) is 41.4 Å². The van der Waals surface area contributed by atoms with Crippen molar-refractivity contribution in [2.45, 2.75) is 30.9 Å². The predicted octanol–water partition coefficient (Wildman–Crippen LogP) is 2.47. The molecule has 0 aliphatic carbocycles. The number of esters is 1. The molecule has 0 aliphatic rings. The van der Waals surface area contributed by atoms with Gasteiger partial charge >= 0.3 is 5.97 Å². The van der Waals surface area contributed by atoms with Crippen LogP contribution in [0.3, 0.4) is 0 Å². The fraction of sp³-hybridized carbons (Fsp3) is 0.316. The molecule has 0 saturated heterocycles. The Hall–Kier alpha value is -1.94. The van der Waals surface area contributed by atoms with Crippen LogP contribution in [0.1, 0.15) is 17.5 Å². The normalized spacial score (nSPS) is 13.1. The molecule has 0 amide bonds. The van der Waals surface area contributed by atoms with E-state index in [4.69, 9.17) is 16.3 Å². The highest BCUT2D eigenvalue weighted by Crippen LogP contribution is 2.15. The van der Waals surface area contributed by atoms with Crippen LogP contribution in [0.5, 0.6) is 0 Å². The first-order chi connectivity index (χ1) is 13.5. The third-order valence-corrected chi connectivity index (χ3v) is 6.70. The second kappa shape index (κ2) is 9.71. The molecule has 29 heavy (non-hydrogen) atoms. The number of sulfone groups is 1. The zero-order valence-electron chi connectivity index (χ0n) is 16.0. The Morgan fingerprint density at radius 1 is 1.03 bits per heavy atom. The number of carbonyl (C=O) groups excluding carboxylic acids is 1. The lowest BCUT2D eigenvalue weighted by molar-refractivity contribution is -0.147. The molecule has 0 bridgehead atoms. The zero-order chi connectivity index (χ0) is 21.7. The standard InChI is InChI=1S/C19H22ClNO6S2/c1-14-3-5-15(6-4-14)13-27-19(22)18(11-12-28(2,23)24)21-29(25,26)17-9-7-16(20)8-10-17/h3-10,18,21H,11-13H2,1-2H3. The van der Waals surface area contributed by atoms with Crippen molar-refractivity contribution in [2.24, 2.45) is 0 Å². The van der Waals surface area contributed by atoms with Crippen LogP contribution < -0.4 is 4.72 Å². The lowest BCUT2D eigenvalue weighted by Crippen LogP contribution is -2.42. The maximum Gasteiger partial charge on any atom is 0.324 e. The summed E-state index contributed by atoms with van der Waals surface area (Å²) in [4.78, 5) is 12.4. The molecule has 0 fully saturated rings. The van der Waals surface area contributed by atoms with E-state index in [9.17, 15) is 21.6 Å². The second-order valence-electron chi connectivity index (χ2n) is 6.64. The van der Waals surface area contributed by atoms with E-state index in [0.717, 1.165) is 17.4 Å². The Bertz CT molecular complexity index is 1050. The summed E-state index contributed by atoms with van der Waals surface area (Å²) in [6, 6.07) is 11.3. The molecule has 1 atom stereocenters. The molecule has 10 heteroatoms. The maximum absolute atomic E-state index is 12.6. The summed E-state index contributed by atoms with van der Waals surface area (Å²) >= 11 is 5.77. The molecule has 0 saturated carbocycles. The molecule has 0 heterocycles. The Kier molecular flexibility index (Phi) is 7.81. The van der Waals surface area contributed by atoms with E-state index < -0.39 is 31.9 Å². The van der Waals surface area contributed by atoms with Crippen LogP contribution in [-0.2, 0) is 36.0 Å². The Morgan fingerprint density at radius 2 is 1.62 bits per heavy atom. The van der Waals surface area contributed by atoms with Gasteiger partial charge in [-0.15, -0.1) is 0 Å². The lowest BCUT2D eigenvalue weighted by Gasteiger charge is -2.18. The number of hydrogen-bond donors (Lipinski definition) is 1.